The van der Waals surface area contributed by atoms with Crippen molar-refractivity contribution >= 4 is 38.5 Å². The van der Waals surface area contributed by atoms with Crippen molar-refractivity contribution in [2.75, 3.05) is 4.90 Å². The number of nitrogens with zero attached hydrogens (tertiary/aromatic N) is 2. The fourth-order valence-electron chi connectivity index (χ4n) is 7.47. The highest BCUT2D eigenvalue weighted by molar-refractivity contribution is 6.21. The number of hydrogen-bond donors (Lipinski definition) is 0. The first-order valence-electron chi connectivity index (χ1n) is 15.6. The summed E-state index contributed by atoms with van der Waals surface area (Å²) in [7, 11) is 0. The second-order valence-electron chi connectivity index (χ2n) is 11.9. The van der Waals surface area contributed by atoms with Gasteiger partial charge >= 0.3 is 0 Å². The van der Waals surface area contributed by atoms with Gasteiger partial charge in [-0.2, -0.15) is 0 Å². The molecule has 2 heterocycles. The van der Waals surface area contributed by atoms with Crippen LogP contribution in [0, 0.1) is 0 Å². The molecule has 2 nitrogen and oxygen atoms in total. The van der Waals surface area contributed by atoms with Gasteiger partial charge in [0.25, 0.3) is 0 Å². The predicted octanol–water partition coefficient (Wildman–Crippen LogP) is 11.0. The van der Waals surface area contributed by atoms with Crippen LogP contribution in [0.3, 0.4) is 0 Å². The molecule has 0 N–H and O–H groups in total. The van der Waals surface area contributed by atoms with Crippen LogP contribution in [0.15, 0.2) is 170 Å². The summed E-state index contributed by atoms with van der Waals surface area (Å²) in [5.41, 5.74) is 11.0. The highest BCUT2D eigenvalue weighted by atomic mass is 15.2. The van der Waals surface area contributed by atoms with Gasteiger partial charge in [-0.25, -0.2) is 0 Å². The van der Waals surface area contributed by atoms with Crippen molar-refractivity contribution in [2.45, 2.75) is 12.0 Å². The normalized spacial score (nSPS) is 16.9. The van der Waals surface area contributed by atoms with Gasteiger partial charge in [-0.15, -0.1) is 0 Å². The van der Waals surface area contributed by atoms with Gasteiger partial charge in [0.1, 0.15) is 0 Å². The Morgan fingerprint density at radius 2 is 1.11 bits per heavy atom. The summed E-state index contributed by atoms with van der Waals surface area (Å²) in [6.45, 7) is 0. The van der Waals surface area contributed by atoms with Crippen molar-refractivity contribution in [2.24, 2.45) is 0 Å². The summed E-state index contributed by atoms with van der Waals surface area (Å²) in [6, 6.07) is 52.7. The lowest BCUT2D eigenvalue weighted by Gasteiger charge is -2.29. The fourth-order valence-corrected chi connectivity index (χ4v) is 7.47. The van der Waals surface area contributed by atoms with E-state index in [-0.39, 0.29) is 12.0 Å². The molecule has 7 aromatic rings. The number of hydrogen-bond acceptors (Lipinski definition) is 2. The molecule has 0 saturated heterocycles. The third kappa shape index (κ3) is 4.14. The van der Waals surface area contributed by atoms with E-state index >= 15 is 0 Å². The maximum Gasteiger partial charge on any atom is 0.0733 e. The number of aromatic nitrogens is 1. The van der Waals surface area contributed by atoms with Gasteiger partial charge in [0.05, 0.1) is 17.4 Å². The molecule has 45 heavy (non-hydrogen) atoms. The molecule has 9 rings (SSSR count). The van der Waals surface area contributed by atoms with Crippen molar-refractivity contribution in [1.29, 1.82) is 0 Å². The van der Waals surface area contributed by atoms with E-state index in [1.54, 1.807) is 0 Å². The number of rotatable bonds is 4. The molecule has 0 radical (unpaired) electrons. The molecule has 0 spiro atoms. The van der Waals surface area contributed by atoms with Crippen LogP contribution in [0.2, 0.25) is 0 Å². The molecule has 1 aromatic heterocycles. The SMILES string of the molecule is C1=CC2C(C=C1c1ccc3c(-c4ccccc4)c4ccccc4c(-c4ccccc4)c3c1)c1ncccc1N2c1ccccc1. The number of benzene rings is 6. The maximum absolute atomic E-state index is 4.91. The minimum Gasteiger partial charge on any atom is -0.332 e. The van der Waals surface area contributed by atoms with Gasteiger partial charge in [0.15, 0.2) is 0 Å². The van der Waals surface area contributed by atoms with Crippen LogP contribution in [-0.2, 0) is 0 Å². The molecular formula is C43H30N2. The van der Waals surface area contributed by atoms with Crippen LogP contribution in [0.4, 0.5) is 11.4 Å². The largest absolute Gasteiger partial charge is 0.332 e. The third-order valence-electron chi connectivity index (χ3n) is 9.41. The van der Waals surface area contributed by atoms with Crippen molar-refractivity contribution < 1.29 is 0 Å². The van der Waals surface area contributed by atoms with Gasteiger partial charge in [0.2, 0.25) is 0 Å². The van der Waals surface area contributed by atoms with Crippen molar-refractivity contribution in [1.82, 2.24) is 4.98 Å². The Labute approximate surface area is 263 Å². The van der Waals surface area contributed by atoms with E-state index in [1.807, 2.05) is 12.3 Å². The number of anilines is 2. The summed E-state index contributed by atoms with van der Waals surface area (Å²) in [6.07, 6.45) is 9.04. The summed E-state index contributed by atoms with van der Waals surface area (Å²) in [5.74, 6) is 0.169. The Bertz CT molecular complexity index is 2270. The molecule has 0 bridgehead atoms. The zero-order valence-electron chi connectivity index (χ0n) is 24.7. The third-order valence-corrected chi connectivity index (χ3v) is 9.41. The number of fused-ring (bicyclic) bond motifs is 5. The lowest BCUT2D eigenvalue weighted by molar-refractivity contribution is 0.735. The monoisotopic (exact) mass is 574 g/mol. The van der Waals surface area contributed by atoms with Crippen LogP contribution in [-0.4, -0.2) is 11.0 Å². The Hall–Kier alpha value is -5.73. The van der Waals surface area contributed by atoms with Gasteiger partial charge in [-0.05, 0) is 85.3 Å². The smallest absolute Gasteiger partial charge is 0.0733 e. The average molecular weight is 575 g/mol. The first-order valence-corrected chi connectivity index (χ1v) is 15.6. The topological polar surface area (TPSA) is 16.1 Å². The minimum atomic E-state index is 0.169. The second-order valence-corrected chi connectivity index (χ2v) is 11.9. The Balaban J connectivity index is 1.26. The lowest BCUT2D eigenvalue weighted by Crippen LogP contribution is -2.28. The lowest BCUT2D eigenvalue weighted by atomic mass is 9.83. The Kier molecular flexibility index (Phi) is 5.99. The molecule has 2 aliphatic rings. The predicted molar refractivity (Wildman–Crippen MR) is 189 cm³/mol. The quantitative estimate of drug-likeness (QED) is 0.194. The Morgan fingerprint density at radius 1 is 0.511 bits per heavy atom. The molecule has 0 fully saturated rings. The van der Waals surface area contributed by atoms with Crippen LogP contribution in [0.1, 0.15) is 17.2 Å². The van der Waals surface area contributed by atoms with Crippen LogP contribution < -0.4 is 4.90 Å². The zero-order valence-corrected chi connectivity index (χ0v) is 24.7. The van der Waals surface area contributed by atoms with Crippen molar-refractivity contribution in [3.05, 3.63) is 181 Å². The van der Waals surface area contributed by atoms with Crippen LogP contribution in [0.5, 0.6) is 0 Å². The molecule has 0 amide bonds. The molecule has 1 aliphatic heterocycles. The van der Waals surface area contributed by atoms with Crippen molar-refractivity contribution in [3.8, 4) is 22.3 Å². The van der Waals surface area contributed by atoms with E-state index in [9.17, 15) is 0 Å². The van der Waals surface area contributed by atoms with E-state index in [4.69, 9.17) is 4.98 Å². The molecule has 2 heteroatoms. The van der Waals surface area contributed by atoms with Gasteiger partial charge in [-0.3, -0.25) is 4.98 Å². The molecular weight excluding hydrogens is 544 g/mol. The molecule has 2 atom stereocenters. The average Bonchev–Trinajstić information content (AvgIpc) is 3.45. The molecule has 212 valence electrons. The number of allylic oxidation sites excluding steroid dienone is 2. The fraction of sp³-hybridized carbons (Fsp3) is 0.0465. The first-order chi connectivity index (χ1) is 22.3. The van der Waals surface area contributed by atoms with E-state index < -0.39 is 0 Å². The van der Waals surface area contributed by atoms with Gasteiger partial charge in [0, 0.05) is 17.8 Å². The maximum atomic E-state index is 4.91. The minimum absolute atomic E-state index is 0.169. The van der Waals surface area contributed by atoms with E-state index in [0.29, 0.717) is 0 Å². The van der Waals surface area contributed by atoms with Crippen LogP contribution >= 0.6 is 0 Å². The molecule has 2 unspecified atom stereocenters. The number of pyridine rings is 1. The van der Waals surface area contributed by atoms with E-state index in [2.05, 4.69) is 163 Å². The Morgan fingerprint density at radius 3 is 1.80 bits per heavy atom. The molecule has 1 aliphatic carbocycles. The van der Waals surface area contributed by atoms with Gasteiger partial charge < -0.3 is 4.90 Å². The summed E-state index contributed by atoms with van der Waals surface area (Å²) in [4.78, 5) is 7.34. The van der Waals surface area contributed by atoms with E-state index in [1.165, 1.54) is 66.3 Å². The summed E-state index contributed by atoms with van der Waals surface area (Å²) >= 11 is 0. The summed E-state index contributed by atoms with van der Waals surface area (Å²) in [5, 5.41) is 5.08. The zero-order chi connectivity index (χ0) is 29.7. The van der Waals surface area contributed by atoms with Gasteiger partial charge in [-0.1, -0.05) is 133 Å². The number of para-hydroxylation sites is 1. The highest BCUT2D eigenvalue weighted by Crippen LogP contribution is 2.49. The van der Waals surface area contributed by atoms with Crippen molar-refractivity contribution in [3.63, 3.8) is 0 Å². The first kappa shape index (κ1) is 25.7. The molecule has 6 aromatic carbocycles. The van der Waals surface area contributed by atoms with E-state index in [0.717, 1.165) is 5.69 Å². The van der Waals surface area contributed by atoms with Crippen LogP contribution in [0.25, 0.3) is 49.4 Å². The highest BCUT2D eigenvalue weighted by Gasteiger charge is 2.39. The molecule has 0 saturated carbocycles. The standard InChI is InChI=1S/C43H30N2/c1-4-13-29(14-5-1)41-34-19-10-11-20-35(34)42(30-15-6-2-7-16-30)37-27-31(22-24-36(37)41)32-23-25-39-38(28-32)43-40(21-12-26-44-43)45(39)33-17-8-3-9-18-33/h1-28,38-39H. The second kappa shape index (κ2) is 10.5. The summed E-state index contributed by atoms with van der Waals surface area (Å²) < 4.78 is 0.